The predicted octanol–water partition coefficient (Wildman–Crippen LogP) is 4.08. The Morgan fingerprint density at radius 1 is 1.35 bits per heavy atom. The van der Waals surface area contributed by atoms with E-state index in [9.17, 15) is 4.79 Å². The second-order valence-corrected chi connectivity index (χ2v) is 7.06. The first-order chi connectivity index (χ1) is 11.1. The molecule has 23 heavy (non-hydrogen) atoms. The largest absolute Gasteiger partial charge is 0.456 e. The molecule has 3 heterocycles. The maximum atomic E-state index is 12.6. The minimum Gasteiger partial charge on any atom is -0.456 e. The maximum absolute atomic E-state index is 12.6. The van der Waals surface area contributed by atoms with E-state index in [1.165, 1.54) is 0 Å². The van der Waals surface area contributed by atoms with Gasteiger partial charge in [-0.2, -0.15) is 0 Å². The molecule has 1 aliphatic carbocycles. The molecule has 2 fully saturated rings. The first-order valence-electron chi connectivity index (χ1n) is 8.12. The third kappa shape index (κ3) is 2.88. The van der Waals surface area contributed by atoms with Crippen molar-refractivity contribution in [3.05, 3.63) is 52.7 Å². The Bertz CT molecular complexity index is 725. The summed E-state index contributed by atoms with van der Waals surface area (Å²) in [6, 6.07) is 7.57. The molecule has 0 N–H and O–H groups in total. The van der Waals surface area contributed by atoms with Crippen molar-refractivity contribution in [3.63, 3.8) is 0 Å². The Kier molecular flexibility index (Phi) is 3.64. The van der Waals surface area contributed by atoms with E-state index in [4.69, 9.17) is 16.0 Å². The van der Waals surface area contributed by atoms with Crippen LogP contribution in [0.5, 0.6) is 0 Å². The summed E-state index contributed by atoms with van der Waals surface area (Å²) in [7, 11) is 0. The van der Waals surface area contributed by atoms with Crippen LogP contribution < -0.4 is 0 Å². The van der Waals surface area contributed by atoms with Crippen molar-refractivity contribution in [3.8, 4) is 0 Å². The average Bonchev–Trinajstić information content (AvgIpc) is 3.01. The molecule has 1 aliphatic heterocycles. The highest BCUT2D eigenvalue weighted by atomic mass is 35.5. The van der Waals surface area contributed by atoms with Crippen LogP contribution in [0.15, 0.2) is 34.9 Å². The smallest absolute Gasteiger partial charge is 0.289 e. The van der Waals surface area contributed by atoms with Crippen LogP contribution in [0.1, 0.15) is 53.5 Å². The van der Waals surface area contributed by atoms with Crippen molar-refractivity contribution in [1.82, 2.24) is 9.88 Å². The Hall–Kier alpha value is -1.81. The zero-order chi connectivity index (χ0) is 16.0. The maximum Gasteiger partial charge on any atom is 0.289 e. The van der Waals surface area contributed by atoms with Crippen molar-refractivity contribution >= 4 is 17.5 Å². The van der Waals surface area contributed by atoms with Crippen molar-refractivity contribution in [1.29, 1.82) is 0 Å². The summed E-state index contributed by atoms with van der Waals surface area (Å²) in [5.41, 5.74) is 1.14. The van der Waals surface area contributed by atoms with Gasteiger partial charge in [-0.15, -0.1) is 0 Å². The fourth-order valence-corrected chi connectivity index (χ4v) is 3.50. The summed E-state index contributed by atoms with van der Waals surface area (Å²) >= 11 is 5.83. The SMILES string of the molecule is CC1CC1c1ccc(C(=O)N2CCC(c3ccc(Cl)nc3)C2)o1. The first kappa shape index (κ1) is 14.8. The number of likely N-dealkylation sites (tertiary alicyclic amines) is 1. The Balaban J connectivity index is 1.43. The van der Waals surface area contributed by atoms with Gasteiger partial charge in [-0.05, 0) is 42.5 Å². The van der Waals surface area contributed by atoms with Crippen LogP contribution in [0, 0.1) is 5.92 Å². The second-order valence-electron chi connectivity index (χ2n) is 6.67. The number of hydrogen-bond acceptors (Lipinski definition) is 3. The van der Waals surface area contributed by atoms with E-state index < -0.39 is 0 Å². The van der Waals surface area contributed by atoms with E-state index in [1.54, 1.807) is 12.3 Å². The number of furan rings is 1. The van der Waals surface area contributed by atoms with Gasteiger partial charge in [-0.1, -0.05) is 24.6 Å². The zero-order valence-electron chi connectivity index (χ0n) is 13.0. The molecular weight excluding hydrogens is 312 g/mol. The molecule has 0 radical (unpaired) electrons. The molecule has 4 rings (SSSR count). The topological polar surface area (TPSA) is 46.3 Å². The van der Waals surface area contributed by atoms with Gasteiger partial charge in [0.2, 0.25) is 0 Å². The number of nitrogens with zero attached hydrogens (tertiary/aromatic N) is 2. The van der Waals surface area contributed by atoms with Crippen LogP contribution in [-0.4, -0.2) is 28.9 Å². The summed E-state index contributed by atoms with van der Waals surface area (Å²) in [6.45, 7) is 3.67. The van der Waals surface area contributed by atoms with Gasteiger partial charge in [0.25, 0.3) is 5.91 Å². The lowest BCUT2D eigenvalue weighted by molar-refractivity contribution is 0.0757. The van der Waals surface area contributed by atoms with E-state index in [1.807, 2.05) is 23.1 Å². The number of pyridine rings is 1. The van der Waals surface area contributed by atoms with Crippen LogP contribution >= 0.6 is 11.6 Å². The molecule has 4 nitrogen and oxygen atoms in total. The monoisotopic (exact) mass is 330 g/mol. The van der Waals surface area contributed by atoms with Gasteiger partial charge in [-0.3, -0.25) is 4.79 Å². The molecular formula is C18H19ClN2O2. The summed E-state index contributed by atoms with van der Waals surface area (Å²) in [6.07, 6.45) is 3.92. The predicted molar refractivity (Wildman–Crippen MR) is 87.7 cm³/mol. The van der Waals surface area contributed by atoms with Crippen molar-refractivity contribution < 1.29 is 9.21 Å². The lowest BCUT2D eigenvalue weighted by Gasteiger charge is -2.15. The molecule has 3 atom stereocenters. The molecule has 0 spiro atoms. The molecule has 2 aliphatic rings. The lowest BCUT2D eigenvalue weighted by Crippen LogP contribution is -2.28. The normalized spacial score (nSPS) is 26.5. The molecule has 0 bridgehead atoms. The van der Waals surface area contributed by atoms with Crippen LogP contribution in [0.25, 0.3) is 0 Å². The van der Waals surface area contributed by atoms with Crippen LogP contribution in [0.4, 0.5) is 0 Å². The van der Waals surface area contributed by atoms with Crippen molar-refractivity contribution in [2.24, 2.45) is 5.92 Å². The second kappa shape index (κ2) is 5.68. The fraction of sp³-hybridized carbons (Fsp3) is 0.444. The number of carbonyl (C=O) groups is 1. The number of aromatic nitrogens is 1. The fourth-order valence-electron chi connectivity index (χ4n) is 3.39. The summed E-state index contributed by atoms with van der Waals surface area (Å²) in [5, 5.41) is 0.497. The van der Waals surface area contributed by atoms with Gasteiger partial charge in [0, 0.05) is 31.1 Å². The van der Waals surface area contributed by atoms with E-state index in [0.717, 1.165) is 30.7 Å². The third-order valence-electron chi connectivity index (χ3n) is 5.01. The van der Waals surface area contributed by atoms with Gasteiger partial charge in [0.15, 0.2) is 5.76 Å². The van der Waals surface area contributed by atoms with Gasteiger partial charge >= 0.3 is 0 Å². The van der Waals surface area contributed by atoms with Gasteiger partial charge in [-0.25, -0.2) is 4.98 Å². The molecule has 1 amide bonds. The standard InChI is InChI=1S/C18H19ClN2O2/c1-11-8-14(11)15-3-4-16(23-15)18(22)21-7-6-13(10-21)12-2-5-17(19)20-9-12/h2-5,9,11,13-14H,6-8,10H2,1H3. The summed E-state index contributed by atoms with van der Waals surface area (Å²) in [5.74, 6) is 2.92. The average molecular weight is 331 g/mol. The van der Waals surface area contributed by atoms with Crippen molar-refractivity contribution in [2.45, 2.75) is 31.6 Å². The van der Waals surface area contributed by atoms with E-state index >= 15 is 0 Å². The summed E-state index contributed by atoms with van der Waals surface area (Å²) in [4.78, 5) is 18.6. The van der Waals surface area contributed by atoms with E-state index in [-0.39, 0.29) is 5.91 Å². The Morgan fingerprint density at radius 2 is 2.17 bits per heavy atom. The van der Waals surface area contributed by atoms with E-state index in [0.29, 0.717) is 35.2 Å². The Morgan fingerprint density at radius 3 is 2.87 bits per heavy atom. The van der Waals surface area contributed by atoms with Crippen LogP contribution in [-0.2, 0) is 0 Å². The molecule has 2 aromatic rings. The number of hydrogen-bond donors (Lipinski definition) is 0. The molecule has 3 unspecified atom stereocenters. The molecule has 1 saturated heterocycles. The van der Waals surface area contributed by atoms with Crippen molar-refractivity contribution in [2.75, 3.05) is 13.1 Å². The number of rotatable bonds is 3. The number of amides is 1. The van der Waals surface area contributed by atoms with Crippen LogP contribution in [0.3, 0.4) is 0 Å². The quantitative estimate of drug-likeness (QED) is 0.797. The van der Waals surface area contributed by atoms with Gasteiger partial charge in [0.1, 0.15) is 10.9 Å². The molecule has 0 aromatic carbocycles. The third-order valence-corrected chi connectivity index (χ3v) is 5.23. The molecule has 2 aromatic heterocycles. The molecule has 5 heteroatoms. The van der Waals surface area contributed by atoms with Crippen LogP contribution in [0.2, 0.25) is 5.15 Å². The van der Waals surface area contributed by atoms with E-state index in [2.05, 4.69) is 11.9 Å². The molecule has 1 saturated carbocycles. The first-order valence-corrected chi connectivity index (χ1v) is 8.50. The Labute approximate surface area is 140 Å². The highest BCUT2D eigenvalue weighted by Crippen LogP contribution is 2.47. The summed E-state index contributed by atoms with van der Waals surface area (Å²) < 4.78 is 5.79. The minimum atomic E-state index is -0.00558. The van der Waals surface area contributed by atoms with Gasteiger partial charge in [0.05, 0.1) is 0 Å². The highest BCUT2D eigenvalue weighted by molar-refractivity contribution is 6.29. The molecule has 120 valence electrons. The van der Waals surface area contributed by atoms with Gasteiger partial charge < -0.3 is 9.32 Å². The number of halogens is 1. The number of carbonyl (C=O) groups excluding carboxylic acids is 1. The lowest BCUT2D eigenvalue weighted by atomic mass is 10.0. The minimum absolute atomic E-state index is 0.00558. The zero-order valence-corrected chi connectivity index (χ0v) is 13.8. The highest BCUT2D eigenvalue weighted by Gasteiger charge is 2.37.